The van der Waals surface area contributed by atoms with Crippen molar-refractivity contribution in [2.75, 3.05) is 6.54 Å². The Labute approximate surface area is 123 Å². The molecule has 0 radical (unpaired) electrons. The maximum atomic E-state index is 13.5. The van der Waals surface area contributed by atoms with Crippen molar-refractivity contribution >= 4 is 11.3 Å². The molecule has 0 aliphatic rings. The Morgan fingerprint density at radius 3 is 2.65 bits per heavy atom. The molecule has 0 amide bonds. The molecule has 20 heavy (non-hydrogen) atoms. The highest BCUT2D eigenvalue weighted by atomic mass is 32.1. The minimum absolute atomic E-state index is 0.245. The van der Waals surface area contributed by atoms with Crippen molar-refractivity contribution in [1.82, 2.24) is 5.32 Å². The van der Waals surface area contributed by atoms with E-state index in [4.69, 9.17) is 0 Å². The van der Waals surface area contributed by atoms with Gasteiger partial charge in [0.2, 0.25) is 0 Å². The van der Waals surface area contributed by atoms with Crippen LogP contribution in [0.3, 0.4) is 0 Å². The zero-order chi connectivity index (χ0) is 14.5. The third-order valence-corrected chi connectivity index (χ3v) is 4.25. The molecule has 4 heteroatoms. The van der Waals surface area contributed by atoms with E-state index in [-0.39, 0.29) is 11.9 Å². The zero-order valence-corrected chi connectivity index (χ0v) is 12.6. The van der Waals surface area contributed by atoms with E-state index < -0.39 is 6.10 Å². The molecule has 2 unspecified atom stereocenters. The molecule has 0 aliphatic carbocycles. The number of benzene rings is 1. The summed E-state index contributed by atoms with van der Waals surface area (Å²) in [6.45, 7) is 4.52. The van der Waals surface area contributed by atoms with E-state index in [0.29, 0.717) is 12.1 Å². The van der Waals surface area contributed by atoms with Crippen LogP contribution in [0, 0.1) is 12.7 Å². The fraction of sp³-hybridized carbons (Fsp3) is 0.375. The van der Waals surface area contributed by atoms with E-state index >= 15 is 0 Å². The van der Waals surface area contributed by atoms with Crippen molar-refractivity contribution in [3.8, 4) is 0 Å². The molecule has 1 aromatic carbocycles. The molecule has 1 aromatic heterocycles. The van der Waals surface area contributed by atoms with E-state index in [9.17, 15) is 9.50 Å². The predicted octanol–water partition coefficient (Wildman–Crippen LogP) is 3.45. The van der Waals surface area contributed by atoms with Gasteiger partial charge in [0.25, 0.3) is 0 Å². The number of hydrogen-bond donors (Lipinski definition) is 2. The average Bonchev–Trinajstić information content (AvgIpc) is 2.82. The summed E-state index contributed by atoms with van der Waals surface area (Å²) in [4.78, 5) is 2.63. The SMILES string of the molecule is Cc1ccc(CC(C)NCC(O)c2ccccc2F)s1. The molecule has 1 heterocycles. The number of hydrogen-bond acceptors (Lipinski definition) is 3. The summed E-state index contributed by atoms with van der Waals surface area (Å²) >= 11 is 1.79. The lowest BCUT2D eigenvalue weighted by molar-refractivity contribution is 0.166. The van der Waals surface area contributed by atoms with Gasteiger partial charge >= 0.3 is 0 Å². The summed E-state index contributed by atoms with van der Waals surface area (Å²) in [7, 11) is 0. The van der Waals surface area contributed by atoms with Crippen molar-refractivity contribution in [1.29, 1.82) is 0 Å². The number of nitrogens with one attached hydrogen (secondary N) is 1. The molecule has 2 atom stereocenters. The Hall–Kier alpha value is -1.23. The van der Waals surface area contributed by atoms with Crippen molar-refractivity contribution < 1.29 is 9.50 Å². The van der Waals surface area contributed by atoms with Crippen molar-refractivity contribution in [3.63, 3.8) is 0 Å². The number of rotatable bonds is 6. The minimum atomic E-state index is -0.816. The Morgan fingerprint density at radius 1 is 1.25 bits per heavy atom. The van der Waals surface area contributed by atoms with Gasteiger partial charge in [-0.25, -0.2) is 4.39 Å². The van der Waals surface area contributed by atoms with E-state index in [1.807, 2.05) is 0 Å². The summed E-state index contributed by atoms with van der Waals surface area (Å²) in [5.74, 6) is -0.358. The van der Waals surface area contributed by atoms with Crippen molar-refractivity contribution in [2.45, 2.75) is 32.4 Å². The van der Waals surface area contributed by atoms with Gasteiger partial charge in [0.1, 0.15) is 5.82 Å². The van der Waals surface area contributed by atoms with Crippen LogP contribution < -0.4 is 5.32 Å². The topological polar surface area (TPSA) is 32.3 Å². The molecule has 2 N–H and O–H groups in total. The molecule has 0 saturated heterocycles. The predicted molar refractivity (Wildman–Crippen MR) is 81.6 cm³/mol. The van der Waals surface area contributed by atoms with Crippen LogP contribution in [0.25, 0.3) is 0 Å². The maximum Gasteiger partial charge on any atom is 0.129 e. The smallest absolute Gasteiger partial charge is 0.129 e. The number of halogens is 1. The second-order valence-corrected chi connectivity index (χ2v) is 6.44. The zero-order valence-electron chi connectivity index (χ0n) is 11.8. The van der Waals surface area contributed by atoms with Crippen LogP contribution in [0.4, 0.5) is 4.39 Å². The van der Waals surface area contributed by atoms with Gasteiger partial charge in [-0.1, -0.05) is 18.2 Å². The molecule has 0 spiro atoms. The van der Waals surface area contributed by atoms with Gasteiger partial charge in [0.05, 0.1) is 6.10 Å². The number of thiophene rings is 1. The van der Waals surface area contributed by atoms with Gasteiger partial charge in [-0.15, -0.1) is 11.3 Å². The molecular weight excluding hydrogens is 273 g/mol. The van der Waals surface area contributed by atoms with Crippen LogP contribution in [0.2, 0.25) is 0 Å². The summed E-state index contributed by atoms with van der Waals surface area (Å²) in [5, 5.41) is 13.3. The Balaban J connectivity index is 1.84. The first-order valence-corrected chi connectivity index (χ1v) is 7.59. The van der Waals surface area contributed by atoms with E-state index in [2.05, 4.69) is 31.3 Å². The van der Waals surface area contributed by atoms with Crippen LogP contribution >= 0.6 is 11.3 Å². The third kappa shape index (κ3) is 4.13. The Morgan fingerprint density at radius 2 is 2.00 bits per heavy atom. The second-order valence-electron chi connectivity index (χ2n) is 5.06. The van der Waals surface area contributed by atoms with Crippen molar-refractivity contribution in [3.05, 3.63) is 57.5 Å². The lowest BCUT2D eigenvalue weighted by Crippen LogP contribution is -2.32. The maximum absolute atomic E-state index is 13.5. The van der Waals surface area contributed by atoms with Gasteiger partial charge < -0.3 is 10.4 Å². The standard InChI is InChI=1S/C16H20FNOS/c1-11(9-13-8-7-12(2)20-13)18-10-16(19)14-5-3-4-6-15(14)17/h3-8,11,16,18-19H,9-10H2,1-2H3. The summed E-state index contributed by atoms with van der Waals surface area (Å²) < 4.78 is 13.5. The molecule has 0 fully saturated rings. The summed E-state index contributed by atoms with van der Waals surface area (Å²) in [5.41, 5.74) is 0.346. The van der Waals surface area contributed by atoms with Crippen LogP contribution in [0.5, 0.6) is 0 Å². The summed E-state index contributed by atoms with van der Waals surface area (Å²) in [6, 6.07) is 10.8. The molecule has 0 saturated carbocycles. The molecule has 0 aliphatic heterocycles. The highest BCUT2D eigenvalue weighted by molar-refractivity contribution is 7.11. The highest BCUT2D eigenvalue weighted by Crippen LogP contribution is 2.18. The van der Waals surface area contributed by atoms with Crippen molar-refractivity contribution in [2.24, 2.45) is 0 Å². The summed E-state index contributed by atoms with van der Waals surface area (Å²) in [6.07, 6.45) is 0.103. The first-order chi connectivity index (χ1) is 9.56. The van der Waals surface area contributed by atoms with E-state index in [1.54, 1.807) is 29.5 Å². The monoisotopic (exact) mass is 293 g/mol. The quantitative estimate of drug-likeness (QED) is 0.855. The second kappa shape index (κ2) is 6.97. The molecule has 0 bridgehead atoms. The fourth-order valence-corrected chi connectivity index (χ4v) is 3.16. The molecule has 108 valence electrons. The van der Waals surface area contributed by atoms with Gasteiger partial charge in [-0.05, 0) is 38.5 Å². The largest absolute Gasteiger partial charge is 0.387 e. The van der Waals surface area contributed by atoms with Gasteiger partial charge in [-0.2, -0.15) is 0 Å². The first kappa shape index (κ1) is 15.2. The Bertz CT molecular complexity index is 555. The van der Waals surface area contributed by atoms with Crippen LogP contribution in [0.15, 0.2) is 36.4 Å². The lowest BCUT2D eigenvalue weighted by atomic mass is 10.1. The minimum Gasteiger partial charge on any atom is -0.387 e. The number of aliphatic hydroxyl groups is 1. The fourth-order valence-electron chi connectivity index (χ4n) is 2.14. The van der Waals surface area contributed by atoms with E-state index in [0.717, 1.165) is 6.42 Å². The number of aliphatic hydroxyl groups excluding tert-OH is 1. The molecule has 2 nitrogen and oxygen atoms in total. The highest BCUT2D eigenvalue weighted by Gasteiger charge is 2.13. The average molecular weight is 293 g/mol. The van der Waals surface area contributed by atoms with Gasteiger partial charge in [0.15, 0.2) is 0 Å². The molecular formula is C16H20FNOS. The molecule has 2 rings (SSSR count). The number of aryl methyl sites for hydroxylation is 1. The van der Waals surface area contributed by atoms with Gasteiger partial charge in [0, 0.05) is 27.9 Å². The third-order valence-electron chi connectivity index (χ3n) is 3.23. The van der Waals surface area contributed by atoms with Crippen LogP contribution in [-0.2, 0) is 6.42 Å². The van der Waals surface area contributed by atoms with E-state index in [1.165, 1.54) is 15.8 Å². The molecule has 2 aromatic rings. The first-order valence-electron chi connectivity index (χ1n) is 6.77. The van der Waals surface area contributed by atoms with Crippen LogP contribution in [0.1, 0.15) is 28.3 Å². The normalized spacial score (nSPS) is 14.2. The van der Waals surface area contributed by atoms with Gasteiger partial charge in [-0.3, -0.25) is 0 Å². The Kier molecular flexibility index (Phi) is 5.29. The lowest BCUT2D eigenvalue weighted by Gasteiger charge is -2.17. The van der Waals surface area contributed by atoms with Crippen LogP contribution in [-0.4, -0.2) is 17.7 Å².